The van der Waals surface area contributed by atoms with Crippen molar-refractivity contribution in [3.8, 4) is 0 Å². The summed E-state index contributed by atoms with van der Waals surface area (Å²) in [6, 6.07) is 0.0161. The molecule has 2 aromatic rings. The lowest BCUT2D eigenvalue weighted by molar-refractivity contribution is -0.129. The highest BCUT2D eigenvalue weighted by molar-refractivity contribution is 5.97. The third kappa shape index (κ3) is 4.24. The Bertz CT molecular complexity index is 862. The van der Waals surface area contributed by atoms with E-state index in [2.05, 4.69) is 30.6 Å². The highest BCUT2D eigenvalue weighted by Crippen LogP contribution is 2.39. The summed E-state index contributed by atoms with van der Waals surface area (Å²) in [7, 11) is 0. The summed E-state index contributed by atoms with van der Waals surface area (Å²) in [6.07, 6.45) is 10.0. The fourth-order valence-electron chi connectivity index (χ4n) is 3.32. The highest BCUT2D eigenvalue weighted by atomic mass is 16.2. The van der Waals surface area contributed by atoms with Gasteiger partial charge in [0, 0.05) is 32.0 Å². The van der Waals surface area contributed by atoms with Crippen LogP contribution < -0.4 is 10.6 Å². The number of nitrogens with zero attached hydrogens (tertiary/aromatic N) is 5. The molecule has 1 saturated carbocycles. The van der Waals surface area contributed by atoms with E-state index in [1.165, 1.54) is 6.33 Å². The SMILES string of the molecule is CC(=O)N1CCC(NC(=O)c2nc(C3CC3)cnc2Nc2cncnc2)CC1. The van der Waals surface area contributed by atoms with Gasteiger partial charge in [-0.05, 0) is 25.7 Å². The maximum atomic E-state index is 13.0. The van der Waals surface area contributed by atoms with E-state index >= 15 is 0 Å². The van der Waals surface area contributed by atoms with Gasteiger partial charge in [0.1, 0.15) is 6.33 Å². The first-order valence-electron chi connectivity index (χ1n) is 9.55. The Labute approximate surface area is 163 Å². The van der Waals surface area contributed by atoms with Crippen LogP contribution in [-0.4, -0.2) is 55.8 Å². The molecule has 2 N–H and O–H groups in total. The standard InChI is InChI=1S/C19H23N7O2/c1-12(27)26-6-4-14(5-7-26)24-19(28)17-18(23-15-8-20-11-21-9-15)22-10-16(25-17)13-2-3-13/h8-11,13-14H,2-7H2,1H3,(H,22,23)(H,24,28). The molecule has 9 heteroatoms. The molecule has 1 saturated heterocycles. The van der Waals surface area contributed by atoms with E-state index in [0.717, 1.165) is 31.4 Å². The Morgan fingerprint density at radius 3 is 2.43 bits per heavy atom. The number of carbonyl (C=O) groups is 2. The molecular formula is C19H23N7O2. The molecule has 0 bridgehead atoms. The second kappa shape index (κ2) is 7.87. The van der Waals surface area contributed by atoms with Crippen LogP contribution in [0.15, 0.2) is 24.9 Å². The van der Waals surface area contributed by atoms with Gasteiger partial charge in [0.2, 0.25) is 5.91 Å². The lowest BCUT2D eigenvalue weighted by Crippen LogP contribution is -2.46. The molecule has 2 aromatic heterocycles. The van der Waals surface area contributed by atoms with Crippen molar-refractivity contribution >= 4 is 23.3 Å². The first-order valence-corrected chi connectivity index (χ1v) is 9.55. The summed E-state index contributed by atoms with van der Waals surface area (Å²) in [5.41, 5.74) is 1.77. The smallest absolute Gasteiger partial charge is 0.273 e. The maximum Gasteiger partial charge on any atom is 0.273 e. The van der Waals surface area contributed by atoms with Crippen LogP contribution in [0.4, 0.5) is 11.5 Å². The number of anilines is 2. The van der Waals surface area contributed by atoms with Gasteiger partial charge in [0.05, 0.1) is 30.0 Å². The average molecular weight is 381 g/mol. The molecule has 1 aliphatic carbocycles. The molecule has 0 atom stereocenters. The lowest BCUT2D eigenvalue weighted by Gasteiger charge is -2.31. The summed E-state index contributed by atoms with van der Waals surface area (Å²) < 4.78 is 0. The predicted molar refractivity (Wildman–Crippen MR) is 102 cm³/mol. The third-order valence-electron chi connectivity index (χ3n) is 5.10. The van der Waals surface area contributed by atoms with E-state index in [-0.39, 0.29) is 23.6 Å². The molecule has 0 unspecified atom stereocenters. The third-order valence-corrected chi connectivity index (χ3v) is 5.10. The molecule has 3 heterocycles. The number of likely N-dealkylation sites (tertiary alicyclic amines) is 1. The van der Waals surface area contributed by atoms with Crippen LogP contribution in [0, 0.1) is 0 Å². The van der Waals surface area contributed by atoms with E-state index in [1.807, 2.05) is 0 Å². The number of aromatic nitrogens is 4. The monoisotopic (exact) mass is 381 g/mol. The number of hydrogen-bond acceptors (Lipinski definition) is 7. The van der Waals surface area contributed by atoms with Gasteiger partial charge in [-0.1, -0.05) is 0 Å². The van der Waals surface area contributed by atoms with Gasteiger partial charge in [0.25, 0.3) is 5.91 Å². The largest absolute Gasteiger partial charge is 0.348 e. The molecule has 2 fully saturated rings. The second-order valence-corrected chi connectivity index (χ2v) is 7.27. The van der Waals surface area contributed by atoms with E-state index in [0.29, 0.717) is 30.5 Å². The molecule has 146 valence electrons. The summed E-state index contributed by atoms with van der Waals surface area (Å²) in [5, 5.41) is 6.14. The number of hydrogen-bond donors (Lipinski definition) is 2. The minimum Gasteiger partial charge on any atom is -0.348 e. The van der Waals surface area contributed by atoms with Crippen LogP contribution in [0.5, 0.6) is 0 Å². The molecule has 0 spiro atoms. The summed E-state index contributed by atoms with van der Waals surface area (Å²) in [4.78, 5) is 43.2. The topological polar surface area (TPSA) is 113 Å². The molecule has 0 aromatic carbocycles. The zero-order valence-corrected chi connectivity index (χ0v) is 15.8. The molecule has 4 rings (SSSR count). The van der Waals surface area contributed by atoms with Crippen LogP contribution in [-0.2, 0) is 4.79 Å². The Morgan fingerprint density at radius 2 is 1.79 bits per heavy atom. The molecule has 9 nitrogen and oxygen atoms in total. The van der Waals surface area contributed by atoms with Gasteiger partial charge >= 0.3 is 0 Å². The Hall–Kier alpha value is -3.10. The van der Waals surface area contributed by atoms with Gasteiger partial charge in [-0.15, -0.1) is 0 Å². The van der Waals surface area contributed by atoms with Crippen molar-refractivity contribution in [2.75, 3.05) is 18.4 Å². The van der Waals surface area contributed by atoms with Gasteiger partial charge in [0.15, 0.2) is 11.5 Å². The van der Waals surface area contributed by atoms with Crippen LogP contribution >= 0.6 is 0 Å². The average Bonchev–Trinajstić information content (AvgIpc) is 3.55. The summed E-state index contributed by atoms with van der Waals surface area (Å²) >= 11 is 0. The Morgan fingerprint density at radius 1 is 1.07 bits per heavy atom. The molecule has 2 amide bonds. The van der Waals surface area contributed by atoms with Crippen LogP contribution in [0.2, 0.25) is 0 Å². The van der Waals surface area contributed by atoms with Crippen molar-refractivity contribution in [3.05, 3.63) is 36.3 Å². The minimum absolute atomic E-state index is 0.0161. The zero-order valence-electron chi connectivity index (χ0n) is 15.8. The van der Waals surface area contributed by atoms with Crippen molar-refractivity contribution < 1.29 is 9.59 Å². The van der Waals surface area contributed by atoms with Crippen molar-refractivity contribution in [2.24, 2.45) is 0 Å². The van der Waals surface area contributed by atoms with Crippen molar-refractivity contribution in [2.45, 2.75) is 44.6 Å². The fourth-order valence-corrected chi connectivity index (χ4v) is 3.32. The number of nitrogens with one attached hydrogen (secondary N) is 2. The Kier molecular flexibility index (Phi) is 5.14. The summed E-state index contributed by atoms with van der Waals surface area (Å²) in [5.74, 6) is 0.602. The van der Waals surface area contributed by atoms with Gasteiger partial charge in [-0.25, -0.2) is 19.9 Å². The summed E-state index contributed by atoms with van der Waals surface area (Å²) in [6.45, 7) is 2.88. The normalized spacial score (nSPS) is 17.2. The first kappa shape index (κ1) is 18.3. The Balaban J connectivity index is 1.50. The van der Waals surface area contributed by atoms with E-state index in [4.69, 9.17) is 0 Å². The lowest BCUT2D eigenvalue weighted by atomic mass is 10.0. The van der Waals surface area contributed by atoms with Crippen LogP contribution in [0.1, 0.15) is 54.7 Å². The number of piperidine rings is 1. The predicted octanol–water partition coefficient (Wildman–Crippen LogP) is 1.63. The minimum atomic E-state index is -0.254. The number of carbonyl (C=O) groups excluding carboxylic acids is 2. The van der Waals surface area contributed by atoms with Crippen molar-refractivity contribution in [1.29, 1.82) is 0 Å². The second-order valence-electron chi connectivity index (χ2n) is 7.27. The van der Waals surface area contributed by atoms with Gasteiger partial charge in [-0.3, -0.25) is 9.59 Å². The quantitative estimate of drug-likeness (QED) is 0.809. The van der Waals surface area contributed by atoms with Crippen LogP contribution in [0.25, 0.3) is 0 Å². The van der Waals surface area contributed by atoms with E-state index in [9.17, 15) is 9.59 Å². The molecule has 2 aliphatic rings. The van der Waals surface area contributed by atoms with Gasteiger partial charge < -0.3 is 15.5 Å². The molecule has 0 radical (unpaired) electrons. The van der Waals surface area contributed by atoms with Crippen LogP contribution in [0.3, 0.4) is 0 Å². The van der Waals surface area contributed by atoms with E-state index in [1.54, 1.807) is 30.4 Å². The maximum absolute atomic E-state index is 13.0. The fraction of sp³-hybridized carbons (Fsp3) is 0.474. The first-order chi connectivity index (χ1) is 13.6. The molecular weight excluding hydrogens is 358 g/mol. The number of rotatable bonds is 5. The van der Waals surface area contributed by atoms with Crippen molar-refractivity contribution in [3.63, 3.8) is 0 Å². The number of amides is 2. The van der Waals surface area contributed by atoms with Gasteiger partial charge in [-0.2, -0.15) is 0 Å². The van der Waals surface area contributed by atoms with Crippen molar-refractivity contribution in [1.82, 2.24) is 30.2 Å². The highest BCUT2D eigenvalue weighted by Gasteiger charge is 2.29. The zero-order chi connectivity index (χ0) is 19.5. The molecule has 1 aliphatic heterocycles. The van der Waals surface area contributed by atoms with E-state index < -0.39 is 0 Å². The molecule has 28 heavy (non-hydrogen) atoms.